The number of carbonyl (C=O) groups is 1. The van der Waals surface area contributed by atoms with Gasteiger partial charge in [0.1, 0.15) is 0 Å². The third-order valence-electron chi connectivity index (χ3n) is 2.17. The lowest BCUT2D eigenvalue weighted by molar-refractivity contribution is -0.138. The fourth-order valence-electron chi connectivity index (χ4n) is 1.26. The van der Waals surface area contributed by atoms with E-state index in [2.05, 4.69) is 20.8 Å². The van der Waals surface area contributed by atoms with Gasteiger partial charge in [-0.2, -0.15) is 0 Å². The van der Waals surface area contributed by atoms with Gasteiger partial charge >= 0.3 is 5.97 Å². The van der Waals surface area contributed by atoms with Gasteiger partial charge in [-0.3, -0.25) is 0 Å². The third-order valence-corrected chi connectivity index (χ3v) is 2.17. The molecule has 0 heterocycles. The molecule has 0 aromatic carbocycles. The zero-order valence-corrected chi connectivity index (χ0v) is 10.5. The first-order chi connectivity index (χ1) is 7.11. The Morgan fingerprint density at radius 2 is 2.00 bits per heavy atom. The predicted octanol–water partition coefficient (Wildman–Crippen LogP) is 3.71. The van der Waals surface area contributed by atoms with Crippen LogP contribution in [-0.4, -0.2) is 12.6 Å². The van der Waals surface area contributed by atoms with Crippen molar-refractivity contribution in [2.75, 3.05) is 6.61 Å². The van der Waals surface area contributed by atoms with Crippen molar-refractivity contribution in [2.24, 2.45) is 5.92 Å². The summed E-state index contributed by atoms with van der Waals surface area (Å²) in [7, 11) is 0. The quantitative estimate of drug-likeness (QED) is 0.475. The minimum Gasteiger partial charge on any atom is -0.463 e. The second kappa shape index (κ2) is 8.51. The second-order valence-electron chi connectivity index (χ2n) is 4.18. The van der Waals surface area contributed by atoms with Crippen LogP contribution >= 0.6 is 0 Å². The fourth-order valence-corrected chi connectivity index (χ4v) is 1.26. The molecule has 0 aromatic heterocycles. The molecule has 88 valence electrons. The van der Waals surface area contributed by atoms with Crippen LogP contribution in [0.1, 0.15) is 53.4 Å². The molecule has 0 saturated carbocycles. The highest BCUT2D eigenvalue weighted by Gasteiger charge is 2.09. The Hall–Kier alpha value is -0.790. The molecule has 0 atom stereocenters. The lowest BCUT2D eigenvalue weighted by Crippen LogP contribution is -2.08. The number of unbranched alkanes of at least 4 members (excludes halogenated alkanes) is 1. The van der Waals surface area contributed by atoms with Crippen molar-refractivity contribution < 1.29 is 9.53 Å². The minimum atomic E-state index is -0.133. The van der Waals surface area contributed by atoms with Crippen LogP contribution in [0.25, 0.3) is 0 Å². The predicted molar refractivity (Wildman–Crippen MR) is 63.7 cm³/mol. The highest BCUT2D eigenvalue weighted by atomic mass is 16.5. The molecular weight excluding hydrogens is 188 g/mol. The molecular formula is C13H24O2. The zero-order valence-electron chi connectivity index (χ0n) is 10.5. The number of ether oxygens (including phenoxy) is 1. The molecule has 0 aliphatic carbocycles. The molecule has 0 rings (SSSR count). The van der Waals surface area contributed by atoms with E-state index in [9.17, 15) is 4.79 Å². The van der Waals surface area contributed by atoms with Crippen LogP contribution in [0.2, 0.25) is 0 Å². The van der Waals surface area contributed by atoms with Gasteiger partial charge in [-0.05, 0) is 32.1 Å². The molecule has 0 N–H and O–H groups in total. The van der Waals surface area contributed by atoms with Gasteiger partial charge in [0.2, 0.25) is 0 Å². The first-order valence-corrected chi connectivity index (χ1v) is 5.97. The van der Waals surface area contributed by atoms with Crippen LogP contribution in [0.4, 0.5) is 0 Å². The zero-order chi connectivity index (χ0) is 11.7. The van der Waals surface area contributed by atoms with Gasteiger partial charge in [-0.1, -0.05) is 33.3 Å². The molecule has 0 spiro atoms. The Bertz CT molecular complexity index is 205. The van der Waals surface area contributed by atoms with Crippen LogP contribution < -0.4 is 0 Å². The lowest BCUT2D eigenvalue weighted by Gasteiger charge is -2.07. The Kier molecular flexibility index (Phi) is 8.06. The van der Waals surface area contributed by atoms with Crippen molar-refractivity contribution in [3.8, 4) is 0 Å². The largest absolute Gasteiger partial charge is 0.463 e. The average molecular weight is 212 g/mol. The monoisotopic (exact) mass is 212 g/mol. The van der Waals surface area contributed by atoms with Crippen molar-refractivity contribution in [1.29, 1.82) is 0 Å². The number of esters is 1. The molecule has 0 aliphatic heterocycles. The molecule has 2 heteroatoms. The van der Waals surface area contributed by atoms with Gasteiger partial charge in [0.25, 0.3) is 0 Å². The molecule has 15 heavy (non-hydrogen) atoms. The van der Waals surface area contributed by atoms with Gasteiger partial charge in [-0.15, -0.1) is 0 Å². The van der Waals surface area contributed by atoms with E-state index >= 15 is 0 Å². The summed E-state index contributed by atoms with van der Waals surface area (Å²) in [6.45, 7) is 8.74. The Balaban J connectivity index is 4.28. The normalized spacial score (nSPS) is 11.9. The summed E-state index contributed by atoms with van der Waals surface area (Å²) in [5.41, 5.74) is 0.854. The van der Waals surface area contributed by atoms with Crippen molar-refractivity contribution in [2.45, 2.75) is 53.4 Å². The van der Waals surface area contributed by atoms with Crippen LogP contribution in [-0.2, 0) is 9.53 Å². The van der Waals surface area contributed by atoms with E-state index in [1.54, 1.807) is 0 Å². The maximum Gasteiger partial charge on any atom is 0.333 e. The van der Waals surface area contributed by atoms with Crippen LogP contribution in [0.3, 0.4) is 0 Å². The smallest absolute Gasteiger partial charge is 0.333 e. The number of rotatable bonds is 7. The summed E-state index contributed by atoms with van der Waals surface area (Å²) in [6, 6.07) is 0. The molecule has 0 amide bonds. The summed E-state index contributed by atoms with van der Waals surface area (Å²) in [6.07, 6.45) is 6.01. The molecule has 0 fully saturated rings. The highest BCUT2D eigenvalue weighted by Crippen LogP contribution is 2.13. The maximum absolute atomic E-state index is 11.6. The van der Waals surface area contributed by atoms with Gasteiger partial charge < -0.3 is 4.74 Å². The first-order valence-electron chi connectivity index (χ1n) is 5.97. The van der Waals surface area contributed by atoms with E-state index in [4.69, 9.17) is 4.74 Å². The van der Waals surface area contributed by atoms with E-state index in [0.29, 0.717) is 12.5 Å². The summed E-state index contributed by atoms with van der Waals surface area (Å²) in [5.74, 6) is 0.461. The molecule has 0 aromatic rings. The van der Waals surface area contributed by atoms with Gasteiger partial charge in [0, 0.05) is 5.57 Å². The molecule has 0 aliphatic rings. The Labute approximate surface area is 93.7 Å². The van der Waals surface area contributed by atoms with Crippen molar-refractivity contribution in [3.05, 3.63) is 11.6 Å². The van der Waals surface area contributed by atoms with Gasteiger partial charge in [-0.25, -0.2) is 4.79 Å². The molecule has 0 saturated heterocycles. The van der Waals surface area contributed by atoms with Gasteiger partial charge in [0.05, 0.1) is 6.61 Å². The number of carbonyl (C=O) groups excluding carboxylic acids is 1. The van der Waals surface area contributed by atoms with E-state index in [1.165, 1.54) is 0 Å². The summed E-state index contributed by atoms with van der Waals surface area (Å²) < 4.78 is 5.03. The number of allylic oxidation sites excluding steroid dienone is 1. The Morgan fingerprint density at radius 3 is 2.47 bits per heavy atom. The van der Waals surface area contributed by atoms with Crippen molar-refractivity contribution in [1.82, 2.24) is 0 Å². The average Bonchev–Trinajstić information content (AvgIpc) is 2.17. The minimum absolute atomic E-state index is 0.133. The summed E-state index contributed by atoms with van der Waals surface area (Å²) in [5, 5.41) is 0. The lowest BCUT2D eigenvalue weighted by atomic mass is 10.0. The van der Waals surface area contributed by atoms with Crippen molar-refractivity contribution in [3.63, 3.8) is 0 Å². The van der Waals surface area contributed by atoms with Crippen LogP contribution in [0.15, 0.2) is 11.6 Å². The van der Waals surface area contributed by atoms with Gasteiger partial charge in [0.15, 0.2) is 0 Å². The van der Waals surface area contributed by atoms with Crippen LogP contribution in [0.5, 0.6) is 0 Å². The summed E-state index contributed by atoms with van der Waals surface area (Å²) >= 11 is 0. The standard InChI is InChI=1S/C13H24O2/c1-5-7-8-12(10-9-11(3)4)13(14)15-6-2/h10-11H,5-9H2,1-4H3/b12-10+. The molecule has 0 unspecified atom stereocenters. The van der Waals surface area contributed by atoms with Crippen LogP contribution in [0, 0.1) is 5.92 Å². The first kappa shape index (κ1) is 14.2. The SMILES string of the molecule is CCCC/C(=C\CC(C)C)C(=O)OCC. The second-order valence-corrected chi connectivity index (χ2v) is 4.18. The third kappa shape index (κ3) is 7.18. The molecule has 2 nitrogen and oxygen atoms in total. The van der Waals surface area contributed by atoms with E-state index in [-0.39, 0.29) is 5.97 Å². The maximum atomic E-state index is 11.6. The number of hydrogen-bond donors (Lipinski definition) is 0. The Morgan fingerprint density at radius 1 is 1.33 bits per heavy atom. The number of hydrogen-bond acceptors (Lipinski definition) is 2. The highest BCUT2D eigenvalue weighted by molar-refractivity contribution is 5.88. The molecule has 0 radical (unpaired) electrons. The van der Waals surface area contributed by atoms with E-state index < -0.39 is 0 Å². The summed E-state index contributed by atoms with van der Waals surface area (Å²) in [4.78, 5) is 11.6. The van der Waals surface area contributed by atoms with Crippen molar-refractivity contribution >= 4 is 5.97 Å². The topological polar surface area (TPSA) is 26.3 Å². The fraction of sp³-hybridized carbons (Fsp3) is 0.769. The van der Waals surface area contributed by atoms with E-state index in [1.807, 2.05) is 13.0 Å². The molecule has 0 bridgehead atoms. The van der Waals surface area contributed by atoms with E-state index in [0.717, 1.165) is 31.3 Å².